The Kier molecular flexibility index (Phi) is 5.53. The molecule has 0 bridgehead atoms. The number of hydrogen-bond acceptors (Lipinski definition) is 2. The van der Waals surface area contributed by atoms with Crippen LogP contribution < -0.4 is 4.74 Å². The third-order valence-corrected chi connectivity index (χ3v) is 3.85. The lowest BCUT2D eigenvalue weighted by Crippen LogP contribution is -2.21. The molecule has 0 aliphatic heterocycles. The summed E-state index contributed by atoms with van der Waals surface area (Å²) in [6.07, 6.45) is 4.85. The highest BCUT2D eigenvalue weighted by molar-refractivity contribution is 6.32. The predicted octanol–water partition coefficient (Wildman–Crippen LogP) is 4.01. The molecule has 1 aromatic rings. The summed E-state index contributed by atoms with van der Waals surface area (Å²) in [5, 5.41) is 0.747. The summed E-state index contributed by atoms with van der Waals surface area (Å²) in [5.41, 5.74) is 1.28. The van der Waals surface area contributed by atoms with Crippen LogP contribution in [-0.2, 0) is 6.42 Å². The van der Waals surface area contributed by atoms with Crippen LogP contribution in [0.4, 0.5) is 0 Å². The minimum atomic E-state index is 0.747. The Labute approximate surface area is 121 Å². The molecule has 0 atom stereocenters. The van der Waals surface area contributed by atoms with E-state index in [1.54, 1.807) is 0 Å². The maximum Gasteiger partial charge on any atom is 0.137 e. The van der Waals surface area contributed by atoms with E-state index in [0.29, 0.717) is 0 Å². The molecule has 0 spiro atoms. The molecule has 2 nitrogen and oxygen atoms in total. The maximum atomic E-state index is 6.27. The zero-order chi connectivity index (χ0) is 13.7. The molecule has 1 saturated carbocycles. The average Bonchev–Trinajstić information content (AvgIpc) is 3.20. The molecular weight excluding hydrogens is 258 g/mol. The Morgan fingerprint density at radius 2 is 2.11 bits per heavy atom. The normalized spacial score (nSPS) is 14.9. The number of benzene rings is 1. The van der Waals surface area contributed by atoms with Crippen LogP contribution in [0.2, 0.25) is 5.02 Å². The highest BCUT2D eigenvalue weighted by atomic mass is 35.5. The molecule has 3 heteroatoms. The van der Waals surface area contributed by atoms with Crippen molar-refractivity contribution in [2.24, 2.45) is 5.92 Å². The summed E-state index contributed by atoms with van der Waals surface area (Å²) in [5.74, 6) is 1.60. The molecular formula is C16H24ClNO. The van der Waals surface area contributed by atoms with Crippen LogP contribution in [0.25, 0.3) is 0 Å². The lowest BCUT2D eigenvalue weighted by atomic mass is 10.1. The van der Waals surface area contributed by atoms with Crippen LogP contribution in [0.5, 0.6) is 5.75 Å². The number of rotatable bonds is 8. The number of halogens is 1. The van der Waals surface area contributed by atoms with Crippen LogP contribution in [0.3, 0.4) is 0 Å². The summed E-state index contributed by atoms with van der Waals surface area (Å²) < 4.78 is 5.74. The van der Waals surface area contributed by atoms with Crippen molar-refractivity contribution in [3.8, 4) is 5.75 Å². The van der Waals surface area contributed by atoms with Gasteiger partial charge in [-0.2, -0.15) is 0 Å². The number of likely N-dealkylation sites (N-methyl/N-ethyl adjacent to an activating group) is 1. The third kappa shape index (κ3) is 5.04. The molecule has 0 radical (unpaired) electrons. The zero-order valence-electron chi connectivity index (χ0n) is 12.0. The van der Waals surface area contributed by atoms with Crippen molar-refractivity contribution in [3.63, 3.8) is 0 Å². The molecule has 19 heavy (non-hydrogen) atoms. The Morgan fingerprint density at radius 1 is 1.32 bits per heavy atom. The highest BCUT2D eigenvalue weighted by Gasteiger charge is 2.22. The average molecular weight is 282 g/mol. The van der Waals surface area contributed by atoms with Gasteiger partial charge in [0.15, 0.2) is 0 Å². The second-order valence-corrected chi connectivity index (χ2v) is 5.98. The van der Waals surface area contributed by atoms with Crippen molar-refractivity contribution in [1.82, 2.24) is 4.90 Å². The second-order valence-electron chi connectivity index (χ2n) is 5.57. The Hall–Kier alpha value is -0.730. The topological polar surface area (TPSA) is 12.5 Å². The molecule has 0 saturated heterocycles. The first-order valence-electron chi connectivity index (χ1n) is 7.28. The standard InChI is InChI=1S/C16H24ClNO/c1-3-9-18(2)10-8-13-6-7-16(15(17)11-13)19-12-14-4-5-14/h6-7,11,14H,3-5,8-10,12H2,1-2H3. The molecule has 1 aliphatic rings. The maximum absolute atomic E-state index is 6.27. The van der Waals surface area contributed by atoms with E-state index in [4.69, 9.17) is 16.3 Å². The van der Waals surface area contributed by atoms with Crippen molar-refractivity contribution < 1.29 is 4.74 Å². The number of ether oxygens (including phenoxy) is 1. The first-order chi connectivity index (χ1) is 9.19. The van der Waals surface area contributed by atoms with Gasteiger partial charge in [0, 0.05) is 6.54 Å². The molecule has 1 aromatic carbocycles. The largest absolute Gasteiger partial charge is 0.492 e. The van der Waals surface area contributed by atoms with Crippen molar-refractivity contribution >= 4 is 11.6 Å². The van der Waals surface area contributed by atoms with Crippen LogP contribution >= 0.6 is 11.6 Å². The first kappa shape index (κ1) is 14.7. The van der Waals surface area contributed by atoms with Gasteiger partial charge in [-0.05, 0) is 62.9 Å². The van der Waals surface area contributed by atoms with Gasteiger partial charge in [0.25, 0.3) is 0 Å². The van der Waals surface area contributed by atoms with E-state index in [9.17, 15) is 0 Å². The Bertz CT molecular complexity index is 404. The van der Waals surface area contributed by atoms with E-state index in [0.717, 1.165) is 42.8 Å². The fourth-order valence-corrected chi connectivity index (χ4v) is 2.38. The van der Waals surface area contributed by atoms with E-state index in [1.807, 2.05) is 12.1 Å². The van der Waals surface area contributed by atoms with Crippen molar-refractivity contribution in [3.05, 3.63) is 28.8 Å². The van der Waals surface area contributed by atoms with Crippen LogP contribution in [0, 0.1) is 5.92 Å². The van der Waals surface area contributed by atoms with Crippen molar-refractivity contribution in [2.75, 3.05) is 26.7 Å². The van der Waals surface area contributed by atoms with Gasteiger partial charge in [-0.15, -0.1) is 0 Å². The smallest absolute Gasteiger partial charge is 0.137 e. The van der Waals surface area contributed by atoms with Gasteiger partial charge in [0.2, 0.25) is 0 Å². The summed E-state index contributed by atoms with van der Waals surface area (Å²) in [7, 11) is 2.16. The first-order valence-corrected chi connectivity index (χ1v) is 7.66. The molecule has 0 heterocycles. The zero-order valence-corrected chi connectivity index (χ0v) is 12.7. The van der Waals surface area contributed by atoms with Crippen LogP contribution in [0.1, 0.15) is 31.7 Å². The summed E-state index contributed by atoms with van der Waals surface area (Å²) >= 11 is 6.27. The molecule has 106 valence electrons. The molecule has 1 fully saturated rings. The second kappa shape index (κ2) is 7.16. The van der Waals surface area contributed by atoms with E-state index in [1.165, 1.54) is 24.8 Å². The summed E-state index contributed by atoms with van der Waals surface area (Å²) in [6, 6.07) is 6.19. The SMILES string of the molecule is CCCN(C)CCc1ccc(OCC2CC2)c(Cl)c1. The molecule has 0 aromatic heterocycles. The van der Waals surface area contributed by atoms with Gasteiger partial charge in [0.1, 0.15) is 5.75 Å². The molecule has 0 N–H and O–H groups in total. The monoisotopic (exact) mass is 281 g/mol. The minimum Gasteiger partial charge on any atom is -0.492 e. The minimum absolute atomic E-state index is 0.747. The number of hydrogen-bond donors (Lipinski definition) is 0. The van der Waals surface area contributed by atoms with E-state index in [2.05, 4.69) is 24.9 Å². The number of nitrogens with zero attached hydrogens (tertiary/aromatic N) is 1. The lowest BCUT2D eigenvalue weighted by Gasteiger charge is -2.15. The quantitative estimate of drug-likeness (QED) is 0.714. The fourth-order valence-electron chi connectivity index (χ4n) is 2.12. The Morgan fingerprint density at radius 3 is 2.74 bits per heavy atom. The van der Waals surface area contributed by atoms with Gasteiger partial charge < -0.3 is 9.64 Å². The predicted molar refractivity (Wildman–Crippen MR) is 81.2 cm³/mol. The van der Waals surface area contributed by atoms with Gasteiger partial charge >= 0.3 is 0 Å². The Balaban J connectivity index is 1.82. The fraction of sp³-hybridized carbons (Fsp3) is 0.625. The summed E-state index contributed by atoms with van der Waals surface area (Å²) in [6.45, 7) is 5.25. The van der Waals surface area contributed by atoms with Gasteiger partial charge in [0.05, 0.1) is 11.6 Å². The van der Waals surface area contributed by atoms with Gasteiger partial charge in [-0.1, -0.05) is 24.6 Å². The molecule has 0 amide bonds. The van der Waals surface area contributed by atoms with Crippen molar-refractivity contribution in [1.29, 1.82) is 0 Å². The van der Waals surface area contributed by atoms with E-state index >= 15 is 0 Å². The molecule has 2 rings (SSSR count). The van der Waals surface area contributed by atoms with Crippen LogP contribution in [-0.4, -0.2) is 31.6 Å². The highest BCUT2D eigenvalue weighted by Crippen LogP contribution is 2.32. The van der Waals surface area contributed by atoms with Crippen molar-refractivity contribution in [2.45, 2.75) is 32.6 Å². The third-order valence-electron chi connectivity index (χ3n) is 3.56. The van der Waals surface area contributed by atoms with Gasteiger partial charge in [-0.25, -0.2) is 0 Å². The van der Waals surface area contributed by atoms with Crippen LogP contribution in [0.15, 0.2) is 18.2 Å². The molecule has 1 aliphatic carbocycles. The lowest BCUT2D eigenvalue weighted by molar-refractivity contribution is 0.300. The van der Waals surface area contributed by atoms with E-state index in [-0.39, 0.29) is 0 Å². The molecule has 0 unspecified atom stereocenters. The van der Waals surface area contributed by atoms with E-state index < -0.39 is 0 Å². The summed E-state index contributed by atoms with van der Waals surface area (Å²) in [4.78, 5) is 2.35. The van der Waals surface area contributed by atoms with Gasteiger partial charge in [-0.3, -0.25) is 0 Å².